The summed E-state index contributed by atoms with van der Waals surface area (Å²) < 4.78 is 23.0. The van der Waals surface area contributed by atoms with Gasteiger partial charge in [-0.25, -0.2) is 8.42 Å². The molecule has 2 aromatic carbocycles. The summed E-state index contributed by atoms with van der Waals surface area (Å²) in [5.74, 6) is 0. The fourth-order valence-corrected chi connectivity index (χ4v) is 3.01. The summed E-state index contributed by atoms with van der Waals surface area (Å²) in [6, 6.07) is 16.5. The molecule has 0 aliphatic carbocycles. The van der Waals surface area contributed by atoms with E-state index >= 15 is 0 Å². The minimum atomic E-state index is -3.22. The second-order valence-corrected chi connectivity index (χ2v) is 8.10. The molecular formula is C18H23NO3S. The maximum atomic E-state index is 11.5. The van der Waals surface area contributed by atoms with Crippen molar-refractivity contribution in [2.24, 2.45) is 0 Å². The maximum Gasteiger partial charge on any atom is 0.175 e. The molecule has 0 amide bonds. The van der Waals surface area contributed by atoms with Gasteiger partial charge in [-0.1, -0.05) is 42.5 Å². The molecule has 2 rings (SSSR count). The van der Waals surface area contributed by atoms with E-state index in [9.17, 15) is 13.5 Å². The molecule has 0 saturated heterocycles. The van der Waals surface area contributed by atoms with Crippen molar-refractivity contribution in [3.8, 4) is 0 Å². The van der Waals surface area contributed by atoms with Crippen LogP contribution in [0, 0.1) is 0 Å². The number of sulfone groups is 1. The molecule has 2 aromatic rings. The molecule has 124 valence electrons. The highest BCUT2D eigenvalue weighted by atomic mass is 32.2. The zero-order valence-corrected chi connectivity index (χ0v) is 14.5. The maximum absolute atomic E-state index is 11.5. The van der Waals surface area contributed by atoms with Gasteiger partial charge in [0.05, 0.1) is 10.5 Å². The average molecular weight is 333 g/mol. The largest absolute Gasteiger partial charge is 0.384 e. The monoisotopic (exact) mass is 333 g/mol. The second-order valence-electron chi connectivity index (χ2n) is 6.08. The lowest BCUT2D eigenvalue weighted by Crippen LogP contribution is -2.36. The van der Waals surface area contributed by atoms with Crippen molar-refractivity contribution in [3.05, 3.63) is 65.7 Å². The van der Waals surface area contributed by atoms with Crippen LogP contribution < -0.4 is 5.32 Å². The number of rotatable bonds is 6. The van der Waals surface area contributed by atoms with Crippen molar-refractivity contribution in [2.45, 2.75) is 30.4 Å². The highest BCUT2D eigenvalue weighted by Crippen LogP contribution is 2.23. The van der Waals surface area contributed by atoms with Gasteiger partial charge >= 0.3 is 0 Å². The molecule has 1 unspecified atom stereocenters. The average Bonchev–Trinajstić information content (AvgIpc) is 2.53. The van der Waals surface area contributed by atoms with Crippen LogP contribution in [0.4, 0.5) is 0 Å². The topological polar surface area (TPSA) is 66.4 Å². The standard InChI is InChI=1S/C18H23NO3S/c1-14(15-7-5-4-6-8-15)19-13-18(2,20)16-9-11-17(12-10-16)23(3,21)22/h4-12,14,19-20H,13H2,1-3H3/t14-,18?/m1/s1. The number of benzene rings is 2. The molecule has 0 spiro atoms. The normalized spacial score (nSPS) is 15.8. The first-order valence-electron chi connectivity index (χ1n) is 7.51. The van der Waals surface area contributed by atoms with Crippen molar-refractivity contribution >= 4 is 9.84 Å². The van der Waals surface area contributed by atoms with Gasteiger partial charge in [0.25, 0.3) is 0 Å². The fourth-order valence-electron chi connectivity index (χ4n) is 2.37. The van der Waals surface area contributed by atoms with Crippen LogP contribution in [0.5, 0.6) is 0 Å². The Morgan fingerprint density at radius 1 is 1.09 bits per heavy atom. The second kappa shape index (κ2) is 6.83. The van der Waals surface area contributed by atoms with Crippen LogP contribution in [-0.2, 0) is 15.4 Å². The van der Waals surface area contributed by atoms with Crippen LogP contribution in [-0.4, -0.2) is 26.3 Å². The first-order chi connectivity index (χ1) is 10.7. The third-order valence-corrected chi connectivity index (χ3v) is 5.08. The molecule has 0 heterocycles. The fraction of sp³-hybridized carbons (Fsp3) is 0.333. The lowest BCUT2D eigenvalue weighted by molar-refractivity contribution is 0.0543. The summed E-state index contributed by atoms with van der Waals surface area (Å²) in [6.07, 6.45) is 1.17. The summed E-state index contributed by atoms with van der Waals surface area (Å²) in [5.41, 5.74) is 0.743. The molecule has 2 atom stereocenters. The molecule has 0 saturated carbocycles. The van der Waals surface area contributed by atoms with Gasteiger partial charge in [0.1, 0.15) is 0 Å². The van der Waals surface area contributed by atoms with Crippen LogP contribution >= 0.6 is 0 Å². The lowest BCUT2D eigenvalue weighted by atomic mass is 9.95. The Kier molecular flexibility index (Phi) is 5.24. The van der Waals surface area contributed by atoms with Crippen LogP contribution in [0.3, 0.4) is 0 Å². The van der Waals surface area contributed by atoms with E-state index in [1.54, 1.807) is 19.1 Å². The zero-order chi connectivity index (χ0) is 17.1. The molecule has 2 N–H and O–H groups in total. The van der Waals surface area contributed by atoms with Crippen molar-refractivity contribution in [1.29, 1.82) is 0 Å². The van der Waals surface area contributed by atoms with Gasteiger partial charge in [-0.05, 0) is 37.1 Å². The molecule has 0 radical (unpaired) electrons. The van der Waals surface area contributed by atoms with Gasteiger partial charge in [-0.15, -0.1) is 0 Å². The van der Waals surface area contributed by atoms with Gasteiger partial charge in [0.15, 0.2) is 9.84 Å². The van der Waals surface area contributed by atoms with Gasteiger partial charge in [-0.3, -0.25) is 0 Å². The Labute approximate surface area is 138 Å². The Balaban J connectivity index is 2.07. The van der Waals surface area contributed by atoms with Crippen molar-refractivity contribution in [2.75, 3.05) is 12.8 Å². The van der Waals surface area contributed by atoms with Gasteiger partial charge in [-0.2, -0.15) is 0 Å². The summed E-state index contributed by atoms with van der Waals surface area (Å²) in [6.45, 7) is 4.12. The van der Waals surface area contributed by atoms with Crippen molar-refractivity contribution in [1.82, 2.24) is 5.32 Å². The first kappa shape index (κ1) is 17.7. The van der Waals surface area contributed by atoms with Gasteiger partial charge in [0.2, 0.25) is 0 Å². The Morgan fingerprint density at radius 2 is 1.65 bits per heavy atom. The predicted octanol–water partition coefficient (Wildman–Crippen LogP) is 2.65. The molecule has 23 heavy (non-hydrogen) atoms. The minimum Gasteiger partial charge on any atom is -0.384 e. The zero-order valence-electron chi connectivity index (χ0n) is 13.7. The van der Waals surface area contributed by atoms with Gasteiger partial charge < -0.3 is 10.4 Å². The molecule has 4 nitrogen and oxygen atoms in total. The molecule has 0 fully saturated rings. The molecule has 0 aromatic heterocycles. The van der Waals surface area contributed by atoms with E-state index in [0.717, 1.165) is 5.56 Å². The molecular weight excluding hydrogens is 310 g/mol. The third-order valence-electron chi connectivity index (χ3n) is 3.96. The van der Waals surface area contributed by atoms with Crippen LogP contribution in [0.2, 0.25) is 0 Å². The van der Waals surface area contributed by atoms with Crippen LogP contribution in [0.25, 0.3) is 0 Å². The van der Waals surface area contributed by atoms with Crippen molar-refractivity contribution < 1.29 is 13.5 Å². The van der Waals surface area contributed by atoms with E-state index in [4.69, 9.17) is 0 Å². The minimum absolute atomic E-state index is 0.109. The molecule has 0 aliphatic rings. The van der Waals surface area contributed by atoms with E-state index < -0.39 is 15.4 Å². The third kappa shape index (κ3) is 4.64. The summed E-state index contributed by atoms with van der Waals surface area (Å²) in [7, 11) is -3.22. The van der Waals surface area contributed by atoms with Gasteiger partial charge in [0, 0.05) is 18.8 Å². The quantitative estimate of drug-likeness (QED) is 0.853. The SMILES string of the molecule is C[C@@H](NCC(C)(O)c1ccc(S(C)(=O)=O)cc1)c1ccccc1. The van der Waals surface area contributed by atoms with Crippen molar-refractivity contribution in [3.63, 3.8) is 0 Å². The lowest BCUT2D eigenvalue weighted by Gasteiger charge is -2.27. The number of hydrogen-bond acceptors (Lipinski definition) is 4. The summed E-state index contributed by atoms with van der Waals surface area (Å²) >= 11 is 0. The van der Waals surface area contributed by atoms with E-state index in [0.29, 0.717) is 12.1 Å². The predicted molar refractivity (Wildman–Crippen MR) is 92.0 cm³/mol. The molecule has 0 bridgehead atoms. The first-order valence-corrected chi connectivity index (χ1v) is 9.40. The molecule has 5 heteroatoms. The van der Waals surface area contributed by atoms with E-state index in [1.165, 1.54) is 18.4 Å². The Bertz CT molecular complexity index is 738. The number of aliphatic hydroxyl groups is 1. The smallest absolute Gasteiger partial charge is 0.175 e. The highest BCUT2D eigenvalue weighted by molar-refractivity contribution is 7.90. The van der Waals surface area contributed by atoms with E-state index in [2.05, 4.69) is 5.32 Å². The highest BCUT2D eigenvalue weighted by Gasteiger charge is 2.24. The van der Waals surface area contributed by atoms with E-state index in [1.807, 2.05) is 37.3 Å². The summed E-state index contributed by atoms with van der Waals surface area (Å²) in [4.78, 5) is 0.252. The van der Waals surface area contributed by atoms with Crippen LogP contribution in [0.15, 0.2) is 59.5 Å². The number of hydrogen-bond donors (Lipinski definition) is 2. The molecule has 0 aliphatic heterocycles. The Hall–Kier alpha value is -1.69. The Morgan fingerprint density at radius 3 is 2.17 bits per heavy atom. The number of nitrogens with one attached hydrogen (secondary N) is 1. The van der Waals surface area contributed by atoms with E-state index in [-0.39, 0.29) is 10.9 Å². The van der Waals surface area contributed by atoms with Crippen LogP contribution in [0.1, 0.15) is 31.0 Å². The summed E-state index contributed by atoms with van der Waals surface area (Å²) in [5, 5.41) is 14.0.